The van der Waals surface area contributed by atoms with E-state index in [1.165, 1.54) is 31.2 Å². The minimum absolute atomic E-state index is 0.326. The lowest BCUT2D eigenvalue weighted by Crippen LogP contribution is -2.40. The van der Waals surface area contributed by atoms with E-state index in [-0.39, 0.29) is 0 Å². The lowest BCUT2D eigenvalue weighted by atomic mass is 9.79. The molecule has 1 aromatic rings. The smallest absolute Gasteiger partial charge is 0.123 e. The van der Waals surface area contributed by atoms with Crippen molar-refractivity contribution in [2.75, 3.05) is 6.54 Å². The van der Waals surface area contributed by atoms with Crippen LogP contribution in [0.3, 0.4) is 0 Å². The van der Waals surface area contributed by atoms with Crippen molar-refractivity contribution in [3.05, 3.63) is 29.8 Å². The van der Waals surface area contributed by atoms with Gasteiger partial charge < -0.3 is 10.1 Å². The van der Waals surface area contributed by atoms with Crippen molar-refractivity contribution in [3.63, 3.8) is 0 Å². The quantitative estimate of drug-likeness (QED) is 0.901. The first-order valence-electron chi connectivity index (χ1n) is 8.20. The van der Waals surface area contributed by atoms with Crippen LogP contribution in [-0.2, 0) is 6.42 Å². The lowest BCUT2D eigenvalue weighted by Gasteiger charge is -2.32. The van der Waals surface area contributed by atoms with Gasteiger partial charge in [0.1, 0.15) is 11.9 Å². The minimum Gasteiger partial charge on any atom is -0.488 e. The molecule has 3 rings (SSSR count). The Balaban J connectivity index is 1.47. The van der Waals surface area contributed by atoms with E-state index in [1.54, 1.807) is 0 Å². The molecule has 1 aromatic carbocycles. The number of benzene rings is 1. The summed E-state index contributed by atoms with van der Waals surface area (Å²) in [7, 11) is 0. The van der Waals surface area contributed by atoms with E-state index in [0.717, 1.165) is 30.6 Å². The molecular formula is C18H27NO. The minimum atomic E-state index is 0.326. The highest BCUT2D eigenvalue weighted by Gasteiger charge is 2.26. The zero-order valence-electron chi connectivity index (χ0n) is 12.8. The van der Waals surface area contributed by atoms with Crippen LogP contribution in [0.15, 0.2) is 24.3 Å². The second kappa shape index (κ2) is 6.17. The average Bonchev–Trinajstić information content (AvgIpc) is 2.88. The molecule has 2 nitrogen and oxygen atoms in total. The second-order valence-electron chi connectivity index (χ2n) is 6.83. The van der Waals surface area contributed by atoms with Gasteiger partial charge in [-0.3, -0.25) is 0 Å². The maximum Gasteiger partial charge on any atom is 0.123 e. The molecule has 0 radical (unpaired) electrons. The number of fused-ring (bicyclic) bond motifs is 1. The highest BCUT2D eigenvalue weighted by molar-refractivity contribution is 5.37. The second-order valence-corrected chi connectivity index (χ2v) is 6.83. The molecule has 110 valence electrons. The van der Waals surface area contributed by atoms with Gasteiger partial charge in [-0.1, -0.05) is 44.9 Å². The van der Waals surface area contributed by atoms with Crippen molar-refractivity contribution in [2.24, 2.45) is 11.8 Å². The fraction of sp³-hybridized carbons (Fsp3) is 0.667. The van der Waals surface area contributed by atoms with Crippen LogP contribution < -0.4 is 10.1 Å². The largest absolute Gasteiger partial charge is 0.488 e. The molecule has 1 heterocycles. The van der Waals surface area contributed by atoms with Crippen molar-refractivity contribution < 1.29 is 4.74 Å². The van der Waals surface area contributed by atoms with Crippen molar-refractivity contribution in [2.45, 2.75) is 58.1 Å². The third-order valence-corrected chi connectivity index (χ3v) is 5.01. The summed E-state index contributed by atoms with van der Waals surface area (Å²) < 4.78 is 6.01. The Morgan fingerprint density at radius 3 is 2.90 bits per heavy atom. The van der Waals surface area contributed by atoms with Gasteiger partial charge in [-0.25, -0.2) is 0 Å². The molecule has 1 N–H and O–H groups in total. The van der Waals surface area contributed by atoms with E-state index in [4.69, 9.17) is 4.74 Å². The van der Waals surface area contributed by atoms with Crippen molar-refractivity contribution in [1.29, 1.82) is 0 Å². The Bertz CT molecular complexity index is 418. The van der Waals surface area contributed by atoms with E-state index >= 15 is 0 Å². The first-order chi connectivity index (χ1) is 9.72. The summed E-state index contributed by atoms with van der Waals surface area (Å²) in [5, 5.41) is 3.76. The predicted octanol–water partition coefficient (Wildman–Crippen LogP) is 3.79. The molecular weight excluding hydrogens is 246 g/mol. The van der Waals surface area contributed by atoms with E-state index in [9.17, 15) is 0 Å². The van der Waals surface area contributed by atoms with Crippen molar-refractivity contribution in [1.82, 2.24) is 5.32 Å². The van der Waals surface area contributed by atoms with Gasteiger partial charge in [-0.15, -0.1) is 0 Å². The first kappa shape index (κ1) is 13.9. The SMILES string of the molecule is CC(C)C1CCCC(NCC2Cc3ccccc3O2)C1. The summed E-state index contributed by atoms with van der Waals surface area (Å²) in [6.07, 6.45) is 6.86. The van der Waals surface area contributed by atoms with E-state index < -0.39 is 0 Å². The van der Waals surface area contributed by atoms with Gasteiger partial charge in [0.15, 0.2) is 0 Å². The summed E-state index contributed by atoms with van der Waals surface area (Å²) in [5.74, 6) is 2.82. The van der Waals surface area contributed by atoms with Crippen LogP contribution >= 0.6 is 0 Å². The molecule has 3 atom stereocenters. The molecule has 2 aliphatic rings. The maximum atomic E-state index is 6.01. The Labute approximate surface area is 122 Å². The number of para-hydroxylation sites is 1. The van der Waals surface area contributed by atoms with Crippen LogP contribution in [0.25, 0.3) is 0 Å². The third-order valence-electron chi connectivity index (χ3n) is 5.01. The molecule has 2 heteroatoms. The molecule has 20 heavy (non-hydrogen) atoms. The number of ether oxygens (including phenoxy) is 1. The maximum absolute atomic E-state index is 6.01. The normalized spacial score (nSPS) is 29.2. The highest BCUT2D eigenvalue weighted by atomic mass is 16.5. The average molecular weight is 273 g/mol. The Morgan fingerprint density at radius 2 is 2.10 bits per heavy atom. The molecule has 1 aliphatic carbocycles. The zero-order valence-corrected chi connectivity index (χ0v) is 12.8. The Kier molecular flexibility index (Phi) is 4.30. The lowest BCUT2D eigenvalue weighted by molar-refractivity contribution is 0.191. The fourth-order valence-electron chi connectivity index (χ4n) is 3.68. The molecule has 3 unspecified atom stereocenters. The Hall–Kier alpha value is -1.02. The van der Waals surface area contributed by atoms with Gasteiger partial charge >= 0.3 is 0 Å². The third kappa shape index (κ3) is 3.17. The first-order valence-corrected chi connectivity index (χ1v) is 8.20. The van der Waals surface area contributed by atoms with Gasteiger partial charge in [0, 0.05) is 19.0 Å². The monoisotopic (exact) mass is 273 g/mol. The number of nitrogens with one attached hydrogen (secondary N) is 1. The summed E-state index contributed by atoms with van der Waals surface area (Å²) in [4.78, 5) is 0. The van der Waals surface area contributed by atoms with Crippen LogP contribution in [0.4, 0.5) is 0 Å². The molecule has 0 amide bonds. The molecule has 0 bridgehead atoms. The van der Waals surface area contributed by atoms with Crippen LogP contribution in [0.2, 0.25) is 0 Å². The summed E-state index contributed by atoms with van der Waals surface area (Å²) in [6, 6.07) is 9.13. The van der Waals surface area contributed by atoms with Gasteiger partial charge in [-0.2, -0.15) is 0 Å². The number of hydrogen-bond acceptors (Lipinski definition) is 2. The van der Waals surface area contributed by atoms with E-state index in [2.05, 4.69) is 43.4 Å². The fourth-order valence-corrected chi connectivity index (χ4v) is 3.68. The van der Waals surface area contributed by atoms with Crippen LogP contribution in [-0.4, -0.2) is 18.7 Å². The van der Waals surface area contributed by atoms with Gasteiger partial charge in [-0.05, 0) is 36.3 Å². The molecule has 0 aromatic heterocycles. The van der Waals surface area contributed by atoms with Gasteiger partial charge in [0.25, 0.3) is 0 Å². The molecule has 1 saturated carbocycles. The van der Waals surface area contributed by atoms with Gasteiger partial charge in [0.2, 0.25) is 0 Å². The molecule has 1 aliphatic heterocycles. The molecule has 0 spiro atoms. The standard InChI is InChI=1S/C18H27NO/c1-13(2)14-7-5-8-16(10-14)19-12-17-11-15-6-3-4-9-18(15)20-17/h3-4,6,9,13-14,16-17,19H,5,7-8,10-12H2,1-2H3. The summed E-state index contributed by atoms with van der Waals surface area (Å²) in [6.45, 7) is 5.72. The topological polar surface area (TPSA) is 21.3 Å². The van der Waals surface area contributed by atoms with Crippen LogP contribution in [0.1, 0.15) is 45.1 Å². The molecule has 0 saturated heterocycles. The van der Waals surface area contributed by atoms with Crippen molar-refractivity contribution >= 4 is 0 Å². The van der Waals surface area contributed by atoms with Gasteiger partial charge in [0.05, 0.1) is 0 Å². The van der Waals surface area contributed by atoms with E-state index in [0.29, 0.717) is 12.1 Å². The summed E-state index contributed by atoms with van der Waals surface area (Å²) >= 11 is 0. The Morgan fingerprint density at radius 1 is 1.25 bits per heavy atom. The predicted molar refractivity (Wildman–Crippen MR) is 83.1 cm³/mol. The van der Waals surface area contributed by atoms with E-state index in [1.807, 2.05) is 0 Å². The zero-order chi connectivity index (χ0) is 13.9. The van der Waals surface area contributed by atoms with Crippen LogP contribution in [0, 0.1) is 11.8 Å². The van der Waals surface area contributed by atoms with Crippen LogP contribution in [0.5, 0.6) is 5.75 Å². The summed E-state index contributed by atoms with van der Waals surface area (Å²) in [5.41, 5.74) is 1.36. The molecule has 1 fully saturated rings. The number of rotatable bonds is 4. The number of hydrogen-bond donors (Lipinski definition) is 1. The highest BCUT2D eigenvalue weighted by Crippen LogP contribution is 2.31. The van der Waals surface area contributed by atoms with Crippen molar-refractivity contribution in [3.8, 4) is 5.75 Å².